The molecule has 0 aliphatic rings. The van der Waals surface area contributed by atoms with Gasteiger partial charge in [0.1, 0.15) is 35.2 Å². The number of pyridine rings is 5. The van der Waals surface area contributed by atoms with Crippen LogP contribution in [0.2, 0.25) is 0 Å². The van der Waals surface area contributed by atoms with Crippen LogP contribution in [0.4, 0.5) is 0 Å². The molecule has 5 nitrogen and oxygen atoms in total. The summed E-state index contributed by atoms with van der Waals surface area (Å²) in [6.45, 7) is 14.7. The molecular formula is C71H82N5+5. The molecule has 0 saturated carbocycles. The van der Waals surface area contributed by atoms with E-state index in [1.54, 1.807) is 18.3 Å². The lowest BCUT2D eigenvalue weighted by Gasteiger charge is -2.06. The van der Waals surface area contributed by atoms with Crippen molar-refractivity contribution < 1.29 is 31.1 Å². The van der Waals surface area contributed by atoms with E-state index in [2.05, 4.69) is 217 Å². The lowest BCUT2D eigenvalue weighted by molar-refractivity contribution is -0.660. The van der Waals surface area contributed by atoms with Gasteiger partial charge in [-0.2, -0.15) is 0 Å². The van der Waals surface area contributed by atoms with Crippen LogP contribution >= 0.6 is 0 Å². The molecule has 0 N–H and O–H groups in total. The zero-order chi connectivity index (χ0) is 60.1. The number of rotatable bonds is 5. The second kappa shape index (κ2) is 26.9. The van der Waals surface area contributed by atoms with Crippen molar-refractivity contribution in [3.63, 3.8) is 0 Å². The number of aromatic nitrogens is 5. The molecule has 0 saturated heterocycles. The zero-order valence-electron chi connectivity index (χ0n) is 53.4. The molecule has 0 aliphatic carbocycles. The molecule has 76 heavy (non-hydrogen) atoms. The summed E-state index contributed by atoms with van der Waals surface area (Å²) in [5.74, 6) is 0. The lowest BCUT2D eigenvalue weighted by atomic mass is 10.0. The summed E-state index contributed by atoms with van der Waals surface area (Å²) in [7, 11) is 10.1. The maximum absolute atomic E-state index is 7.55. The summed E-state index contributed by atoms with van der Waals surface area (Å²) in [6.07, 6.45) is 9.93. The van der Waals surface area contributed by atoms with E-state index < -0.39 is 13.7 Å². The molecule has 5 heteroatoms. The molecule has 0 atom stereocenters. The van der Waals surface area contributed by atoms with Gasteiger partial charge in [-0.25, -0.2) is 22.8 Å². The van der Waals surface area contributed by atoms with Crippen molar-refractivity contribution in [1.82, 2.24) is 0 Å². The Kier molecular flexibility index (Phi) is 17.2. The molecule has 0 aliphatic heterocycles. The Hall–Kier alpha value is -8.15. The molecule has 5 aromatic carbocycles. The van der Waals surface area contributed by atoms with Gasteiger partial charge in [0.2, 0.25) is 28.5 Å². The van der Waals surface area contributed by atoms with E-state index in [0.717, 1.165) is 33.6 Å². The number of hydrogen-bond donors (Lipinski definition) is 0. The highest BCUT2D eigenvalue weighted by molar-refractivity contribution is 5.65. The van der Waals surface area contributed by atoms with Crippen LogP contribution in [-0.4, -0.2) is 0 Å². The summed E-state index contributed by atoms with van der Waals surface area (Å²) in [6, 6.07) is 59.7. The van der Waals surface area contributed by atoms with Gasteiger partial charge in [-0.3, -0.25) is 0 Å². The van der Waals surface area contributed by atoms with E-state index in [-0.39, 0.29) is 0 Å². The smallest absolute Gasteiger partial charge is 0.201 e. The van der Waals surface area contributed by atoms with Crippen LogP contribution in [0.25, 0.3) is 56.3 Å². The van der Waals surface area contributed by atoms with Crippen LogP contribution in [0.5, 0.6) is 0 Å². The van der Waals surface area contributed by atoms with E-state index in [1.807, 2.05) is 91.8 Å². The first-order valence-electron chi connectivity index (χ1n) is 29.0. The number of aryl methyl sites for hydroxylation is 14. The predicted octanol–water partition coefficient (Wildman–Crippen LogP) is 14.3. The molecule has 0 bridgehead atoms. The van der Waals surface area contributed by atoms with E-state index >= 15 is 0 Å². The Balaban J connectivity index is 0.000000165. The van der Waals surface area contributed by atoms with Gasteiger partial charge in [-0.15, -0.1) is 0 Å². The molecule has 10 rings (SSSR count). The summed E-state index contributed by atoms with van der Waals surface area (Å²) in [4.78, 5) is 0. The summed E-state index contributed by atoms with van der Waals surface area (Å²) in [5.41, 5.74) is 23.8. The van der Waals surface area contributed by atoms with E-state index in [1.165, 1.54) is 72.7 Å². The molecule has 0 spiro atoms. The lowest BCUT2D eigenvalue weighted by Crippen LogP contribution is -2.31. The average Bonchev–Trinajstić information content (AvgIpc) is 3.64. The van der Waals surface area contributed by atoms with Crippen LogP contribution in [0.15, 0.2) is 207 Å². The van der Waals surface area contributed by atoms with Crippen LogP contribution in [0, 0.1) is 76.0 Å². The van der Waals surface area contributed by atoms with Crippen molar-refractivity contribution in [2.45, 2.75) is 76.0 Å². The van der Waals surface area contributed by atoms with Gasteiger partial charge >= 0.3 is 0 Å². The Bertz CT molecular complexity index is 3710. The highest BCUT2D eigenvalue weighted by atomic mass is 14.9. The van der Waals surface area contributed by atoms with Crippen LogP contribution < -0.4 is 22.8 Å². The van der Waals surface area contributed by atoms with Gasteiger partial charge in [-0.05, 0) is 175 Å². The molecule has 10 aromatic rings. The quantitative estimate of drug-likeness (QED) is 0.153. The first-order chi connectivity index (χ1) is 38.8. The normalized spacial score (nSPS) is 11.9. The molecule has 0 unspecified atom stereocenters. The van der Waals surface area contributed by atoms with Crippen LogP contribution in [0.1, 0.15) is 69.4 Å². The maximum atomic E-state index is 7.55. The second-order valence-electron chi connectivity index (χ2n) is 19.8. The topological polar surface area (TPSA) is 19.4 Å². The maximum Gasteiger partial charge on any atom is 0.212 e. The number of benzene rings is 5. The molecule has 5 aromatic heterocycles. The molecular weight excluding hydrogens is 923 g/mol. The number of nitrogens with zero attached hydrogens (tertiary/aromatic N) is 5. The van der Waals surface area contributed by atoms with Gasteiger partial charge in [0.15, 0.2) is 31.0 Å². The fraction of sp³-hybridized carbons (Fsp3) is 0.225. The minimum atomic E-state index is -2.06. The first kappa shape index (κ1) is 48.8. The average molecular weight is 1010 g/mol. The summed E-state index contributed by atoms with van der Waals surface area (Å²) in [5, 5.41) is 0. The van der Waals surface area contributed by atoms with Crippen molar-refractivity contribution in [3.05, 3.63) is 268 Å². The zero-order valence-corrected chi connectivity index (χ0v) is 47.4. The first-order valence-corrected chi connectivity index (χ1v) is 26.0. The molecule has 0 amide bonds. The van der Waals surface area contributed by atoms with Crippen molar-refractivity contribution in [3.8, 4) is 56.3 Å². The predicted molar refractivity (Wildman–Crippen MR) is 317 cm³/mol. The van der Waals surface area contributed by atoms with E-state index in [0.29, 0.717) is 11.1 Å². The Labute approximate surface area is 464 Å². The molecule has 5 heterocycles. The van der Waals surface area contributed by atoms with Gasteiger partial charge < -0.3 is 0 Å². The third-order valence-electron chi connectivity index (χ3n) is 14.0. The molecule has 0 fully saturated rings. The minimum absolute atomic E-state index is 0.391. The van der Waals surface area contributed by atoms with Crippen molar-refractivity contribution in [1.29, 1.82) is 0 Å². The SMILES string of the molecule is Cc1ccc(-c2cccc[n+]2C)c(C)c1.Cc1cccc(-c2cccc[n+]2C)c1C.Cc1cccc(-c2cccc[n+]2C)c1C.[2H]C([2H])([2H])c1c[n+](C)c(-c2ccccc2C)cc1C.[2H]C([2H])([2H])c1ccc(-c2cccc[n+]2C)c(C)c1. The minimum Gasteiger partial charge on any atom is -0.201 e. The fourth-order valence-corrected chi connectivity index (χ4v) is 9.20. The monoisotopic (exact) mass is 1010 g/mol. The third kappa shape index (κ3) is 14.8. The van der Waals surface area contributed by atoms with Gasteiger partial charge in [0, 0.05) is 96.2 Å². The van der Waals surface area contributed by atoms with Crippen molar-refractivity contribution in [2.75, 3.05) is 0 Å². The second-order valence-corrected chi connectivity index (χ2v) is 19.8. The Morgan fingerprint density at radius 2 is 0.632 bits per heavy atom. The number of hydrogen-bond acceptors (Lipinski definition) is 0. The summed E-state index contributed by atoms with van der Waals surface area (Å²) >= 11 is 0. The standard InChI is InChI=1S/C15H18N.4C14H16N/c1-11-7-5-6-8-14(11)15-9-12(2)13(3)10-16(15)4;2*1-11-7-6-8-13(12(11)2)14-9-4-5-10-15(14)3;2*1-11-7-8-13(12(2)10-11)14-6-4-5-9-15(14)3/h5-10H,1-4H3;4*4-10H,1-3H3/q5*+1/i3D3;;;1D3;. The van der Waals surface area contributed by atoms with Gasteiger partial charge in [0.05, 0.1) is 0 Å². The largest absolute Gasteiger partial charge is 0.212 e. The Morgan fingerprint density at radius 1 is 0.263 bits per heavy atom. The van der Waals surface area contributed by atoms with E-state index in [4.69, 9.17) is 8.22 Å². The fourth-order valence-electron chi connectivity index (χ4n) is 9.20. The Morgan fingerprint density at radius 3 is 1.04 bits per heavy atom. The van der Waals surface area contributed by atoms with Gasteiger partial charge in [0.25, 0.3) is 0 Å². The highest BCUT2D eigenvalue weighted by Gasteiger charge is 2.16. The van der Waals surface area contributed by atoms with Crippen molar-refractivity contribution in [2.24, 2.45) is 35.2 Å². The van der Waals surface area contributed by atoms with Gasteiger partial charge in [-0.1, -0.05) is 77.9 Å². The molecule has 386 valence electrons. The highest BCUT2D eigenvalue weighted by Crippen LogP contribution is 2.26. The van der Waals surface area contributed by atoms with Crippen LogP contribution in [0.3, 0.4) is 0 Å². The van der Waals surface area contributed by atoms with Crippen LogP contribution in [-0.2, 0) is 35.2 Å². The summed E-state index contributed by atoms with van der Waals surface area (Å²) < 4.78 is 55.3. The van der Waals surface area contributed by atoms with E-state index in [9.17, 15) is 0 Å². The van der Waals surface area contributed by atoms with Crippen molar-refractivity contribution >= 4 is 0 Å². The molecule has 0 radical (unpaired) electrons. The third-order valence-corrected chi connectivity index (χ3v) is 14.0.